The highest BCUT2D eigenvalue weighted by atomic mass is 79.9. The molecule has 1 aliphatic rings. The van der Waals surface area contributed by atoms with Crippen molar-refractivity contribution >= 4 is 21.8 Å². The van der Waals surface area contributed by atoms with E-state index >= 15 is 0 Å². The van der Waals surface area contributed by atoms with Crippen molar-refractivity contribution in [3.63, 3.8) is 0 Å². The Morgan fingerprint density at radius 1 is 1.50 bits per heavy atom. The van der Waals surface area contributed by atoms with Crippen LogP contribution in [0, 0.1) is 6.92 Å². The Morgan fingerprint density at radius 3 is 2.83 bits per heavy atom. The standard InChI is InChI=1S/C14H18BrNO2/c1-9-4-5-12(15)11(8-9)14(17)16(3)13-6-7-18-10(13)2/h4-5,8,10,13H,6-7H2,1-3H3. The molecule has 1 aromatic carbocycles. The molecule has 1 saturated heterocycles. The van der Waals surface area contributed by atoms with Gasteiger partial charge in [0.05, 0.1) is 17.7 Å². The van der Waals surface area contributed by atoms with E-state index in [-0.39, 0.29) is 18.1 Å². The van der Waals surface area contributed by atoms with Gasteiger partial charge in [-0.1, -0.05) is 11.6 Å². The zero-order valence-corrected chi connectivity index (χ0v) is 12.5. The summed E-state index contributed by atoms with van der Waals surface area (Å²) in [6.07, 6.45) is 1.02. The lowest BCUT2D eigenvalue weighted by Crippen LogP contribution is -2.41. The molecule has 0 spiro atoms. The van der Waals surface area contributed by atoms with Gasteiger partial charge in [0.1, 0.15) is 0 Å². The van der Waals surface area contributed by atoms with Gasteiger partial charge in [0.2, 0.25) is 0 Å². The average molecular weight is 312 g/mol. The third-order valence-electron chi connectivity index (χ3n) is 3.51. The van der Waals surface area contributed by atoms with E-state index in [1.165, 1.54) is 0 Å². The fourth-order valence-corrected chi connectivity index (χ4v) is 2.79. The summed E-state index contributed by atoms with van der Waals surface area (Å²) in [5.41, 5.74) is 1.81. The van der Waals surface area contributed by atoms with E-state index in [1.807, 2.05) is 39.1 Å². The van der Waals surface area contributed by atoms with Crippen LogP contribution in [0.1, 0.15) is 29.3 Å². The third-order valence-corrected chi connectivity index (χ3v) is 4.20. The highest BCUT2D eigenvalue weighted by molar-refractivity contribution is 9.10. The maximum Gasteiger partial charge on any atom is 0.255 e. The van der Waals surface area contributed by atoms with Crippen LogP contribution in [0.2, 0.25) is 0 Å². The summed E-state index contributed by atoms with van der Waals surface area (Å²) in [7, 11) is 1.85. The number of hydrogen-bond acceptors (Lipinski definition) is 2. The van der Waals surface area contributed by atoms with E-state index < -0.39 is 0 Å². The SMILES string of the molecule is Cc1ccc(Br)c(C(=O)N(C)C2CCOC2C)c1. The highest BCUT2D eigenvalue weighted by Crippen LogP contribution is 2.24. The monoisotopic (exact) mass is 311 g/mol. The van der Waals surface area contributed by atoms with Gasteiger partial charge in [-0.25, -0.2) is 0 Å². The Kier molecular flexibility index (Phi) is 4.07. The first-order valence-electron chi connectivity index (χ1n) is 6.15. The van der Waals surface area contributed by atoms with Crippen molar-refractivity contribution < 1.29 is 9.53 Å². The molecule has 2 atom stereocenters. The molecule has 2 unspecified atom stereocenters. The molecule has 3 nitrogen and oxygen atoms in total. The molecule has 4 heteroatoms. The van der Waals surface area contributed by atoms with Gasteiger partial charge < -0.3 is 9.64 Å². The second-order valence-electron chi connectivity index (χ2n) is 4.83. The molecule has 98 valence electrons. The highest BCUT2D eigenvalue weighted by Gasteiger charge is 2.31. The summed E-state index contributed by atoms with van der Waals surface area (Å²) in [6.45, 7) is 4.75. The molecule has 0 radical (unpaired) electrons. The normalized spacial score (nSPS) is 23.1. The molecule has 0 N–H and O–H groups in total. The molecule has 0 aromatic heterocycles. The predicted molar refractivity (Wildman–Crippen MR) is 74.8 cm³/mol. The average Bonchev–Trinajstić information content (AvgIpc) is 2.77. The molecule has 0 bridgehead atoms. The molecular formula is C14H18BrNO2. The van der Waals surface area contributed by atoms with Gasteiger partial charge in [-0.2, -0.15) is 0 Å². The van der Waals surface area contributed by atoms with Crippen LogP contribution in [-0.2, 0) is 4.74 Å². The number of halogens is 1. The molecule has 0 saturated carbocycles. The minimum atomic E-state index is 0.0490. The molecule has 1 aliphatic heterocycles. The Balaban J connectivity index is 2.22. The number of amides is 1. The van der Waals surface area contributed by atoms with Gasteiger partial charge in [-0.15, -0.1) is 0 Å². The summed E-state index contributed by atoms with van der Waals surface area (Å²) in [5, 5.41) is 0. The van der Waals surface area contributed by atoms with Crippen molar-refractivity contribution in [2.75, 3.05) is 13.7 Å². The van der Waals surface area contributed by atoms with Crippen molar-refractivity contribution in [3.8, 4) is 0 Å². The largest absolute Gasteiger partial charge is 0.376 e. The number of likely N-dealkylation sites (N-methyl/N-ethyl adjacent to an activating group) is 1. The van der Waals surface area contributed by atoms with Gasteiger partial charge in [0.15, 0.2) is 0 Å². The summed E-state index contributed by atoms with van der Waals surface area (Å²) in [6, 6.07) is 6.00. The van der Waals surface area contributed by atoms with Crippen LogP contribution in [0.3, 0.4) is 0 Å². The number of aryl methyl sites for hydroxylation is 1. The van der Waals surface area contributed by atoms with Crippen LogP contribution >= 0.6 is 15.9 Å². The van der Waals surface area contributed by atoms with Crippen LogP contribution in [-0.4, -0.2) is 36.6 Å². The number of carbonyl (C=O) groups is 1. The van der Waals surface area contributed by atoms with Gasteiger partial charge in [-0.05, 0) is 48.3 Å². The van der Waals surface area contributed by atoms with Gasteiger partial charge in [0, 0.05) is 18.1 Å². The Morgan fingerprint density at radius 2 is 2.22 bits per heavy atom. The molecule has 1 heterocycles. The summed E-state index contributed by atoms with van der Waals surface area (Å²) in [4.78, 5) is 14.3. The number of nitrogens with zero attached hydrogens (tertiary/aromatic N) is 1. The molecule has 2 rings (SSSR count). The van der Waals surface area contributed by atoms with Gasteiger partial charge >= 0.3 is 0 Å². The summed E-state index contributed by atoms with van der Waals surface area (Å²) >= 11 is 3.44. The quantitative estimate of drug-likeness (QED) is 0.840. The van der Waals surface area contributed by atoms with Crippen LogP contribution in [0.15, 0.2) is 22.7 Å². The van der Waals surface area contributed by atoms with Crippen LogP contribution in [0.25, 0.3) is 0 Å². The van der Waals surface area contributed by atoms with E-state index in [2.05, 4.69) is 15.9 Å². The van der Waals surface area contributed by atoms with E-state index in [4.69, 9.17) is 4.74 Å². The van der Waals surface area contributed by atoms with E-state index in [0.29, 0.717) is 0 Å². The molecule has 0 aliphatic carbocycles. The van der Waals surface area contributed by atoms with Crippen molar-refractivity contribution in [2.24, 2.45) is 0 Å². The lowest BCUT2D eigenvalue weighted by Gasteiger charge is -2.27. The lowest BCUT2D eigenvalue weighted by molar-refractivity contribution is 0.0574. The van der Waals surface area contributed by atoms with Crippen LogP contribution in [0.5, 0.6) is 0 Å². The van der Waals surface area contributed by atoms with Crippen molar-refractivity contribution in [3.05, 3.63) is 33.8 Å². The lowest BCUT2D eigenvalue weighted by atomic mass is 10.1. The molecule has 18 heavy (non-hydrogen) atoms. The van der Waals surface area contributed by atoms with E-state index in [1.54, 1.807) is 4.90 Å². The Hall–Kier alpha value is -0.870. The van der Waals surface area contributed by atoms with Gasteiger partial charge in [-0.3, -0.25) is 4.79 Å². The first kappa shape index (κ1) is 13.6. The minimum absolute atomic E-state index is 0.0490. The number of carbonyl (C=O) groups excluding carboxylic acids is 1. The second-order valence-corrected chi connectivity index (χ2v) is 5.69. The molecular weight excluding hydrogens is 294 g/mol. The van der Waals surface area contributed by atoms with Crippen molar-refractivity contribution in [2.45, 2.75) is 32.4 Å². The molecule has 1 amide bonds. The number of hydrogen-bond donors (Lipinski definition) is 0. The van der Waals surface area contributed by atoms with Crippen molar-refractivity contribution in [1.82, 2.24) is 4.90 Å². The van der Waals surface area contributed by atoms with Crippen molar-refractivity contribution in [1.29, 1.82) is 0 Å². The maximum atomic E-state index is 12.5. The number of ether oxygens (including phenoxy) is 1. The topological polar surface area (TPSA) is 29.5 Å². The summed E-state index contributed by atoms with van der Waals surface area (Å²) < 4.78 is 6.36. The Labute approximate surface area is 116 Å². The van der Waals surface area contributed by atoms with Crippen LogP contribution < -0.4 is 0 Å². The first-order chi connectivity index (χ1) is 8.50. The summed E-state index contributed by atoms with van der Waals surface area (Å²) in [5.74, 6) is 0.0490. The predicted octanol–water partition coefficient (Wildman–Crippen LogP) is 3.01. The molecule has 1 aromatic rings. The zero-order valence-electron chi connectivity index (χ0n) is 10.9. The Bertz CT molecular complexity index is 461. The van der Waals surface area contributed by atoms with E-state index in [9.17, 15) is 4.79 Å². The molecule has 1 fully saturated rings. The first-order valence-corrected chi connectivity index (χ1v) is 6.95. The van der Waals surface area contributed by atoms with Gasteiger partial charge in [0.25, 0.3) is 5.91 Å². The fourth-order valence-electron chi connectivity index (χ4n) is 2.37. The minimum Gasteiger partial charge on any atom is -0.376 e. The smallest absolute Gasteiger partial charge is 0.255 e. The number of rotatable bonds is 2. The fraction of sp³-hybridized carbons (Fsp3) is 0.500. The zero-order chi connectivity index (χ0) is 13.3. The van der Waals surface area contributed by atoms with E-state index in [0.717, 1.165) is 28.6 Å². The van der Waals surface area contributed by atoms with Crippen LogP contribution in [0.4, 0.5) is 0 Å². The second kappa shape index (κ2) is 5.41. The third kappa shape index (κ3) is 2.59. The number of benzene rings is 1. The maximum absolute atomic E-state index is 12.5.